The first-order valence-electron chi connectivity index (χ1n) is 7.16. The van der Waals surface area contributed by atoms with Crippen LogP contribution < -0.4 is 0 Å². The van der Waals surface area contributed by atoms with Gasteiger partial charge in [0.2, 0.25) is 0 Å². The molecular weight excluding hydrogens is 294 g/mol. The minimum atomic E-state index is 0.401. The van der Waals surface area contributed by atoms with Crippen LogP contribution in [0, 0.1) is 0 Å². The van der Waals surface area contributed by atoms with Gasteiger partial charge < -0.3 is 9.57 Å². The predicted octanol–water partition coefficient (Wildman–Crippen LogP) is 2.04. The first-order valence-corrected chi connectivity index (χ1v) is 7.16. The molecule has 0 bridgehead atoms. The van der Waals surface area contributed by atoms with Gasteiger partial charge in [0.15, 0.2) is 6.61 Å². The monoisotopic (exact) mass is 307 g/mol. The van der Waals surface area contributed by atoms with Gasteiger partial charge >= 0.3 is 0 Å². The molecule has 0 atom stereocenters. The van der Waals surface area contributed by atoms with Gasteiger partial charge in [-0.15, -0.1) is 0 Å². The average molecular weight is 307 g/mol. The van der Waals surface area contributed by atoms with E-state index in [1.165, 1.54) is 0 Å². The highest BCUT2D eigenvalue weighted by Gasteiger charge is 2.13. The number of hydrogen-bond donors (Lipinski definition) is 0. The zero-order chi connectivity index (χ0) is 15.5. The Balaban J connectivity index is 1.66. The summed E-state index contributed by atoms with van der Waals surface area (Å²) in [6.07, 6.45) is 7.15. The molecule has 0 spiro atoms. The van der Waals surface area contributed by atoms with Crippen molar-refractivity contribution in [3.05, 3.63) is 60.8 Å². The van der Waals surface area contributed by atoms with Crippen LogP contribution in [0.3, 0.4) is 0 Å². The van der Waals surface area contributed by atoms with E-state index in [-0.39, 0.29) is 0 Å². The number of oxime groups is 1. The third kappa shape index (κ3) is 2.76. The Hall–Kier alpha value is -3.22. The lowest BCUT2D eigenvalue weighted by molar-refractivity contribution is 0.0652. The van der Waals surface area contributed by atoms with Crippen LogP contribution in [0.5, 0.6) is 0 Å². The van der Waals surface area contributed by atoms with Crippen molar-refractivity contribution in [1.29, 1.82) is 0 Å². The van der Waals surface area contributed by atoms with E-state index in [4.69, 9.17) is 9.57 Å². The van der Waals surface area contributed by atoms with E-state index in [1.807, 2.05) is 36.5 Å². The van der Waals surface area contributed by atoms with Gasteiger partial charge in [0.25, 0.3) is 5.90 Å². The fourth-order valence-electron chi connectivity index (χ4n) is 2.23. The summed E-state index contributed by atoms with van der Waals surface area (Å²) < 4.78 is 7.22. The Morgan fingerprint density at radius 1 is 1.00 bits per heavy atom. The normalized spacial score (nSPS) is 13.8. The van der Waals surface area contributed by atoms with Crippen LogP contribution in [0.15, 0.2) is 60.3 Å². The summed E-state index contributed by atoms with van der Waals surface area (Å²) in [6.45, 7) is 0.935. The second-order valence-corrected chi connectivity index (χ2v) is 4.87. The molecule has 0 N–H and O–H groups in total. The predicted molar refractivity (Wildman–Crippen MR) is 83.0 cm³/mol. The fourth-order valence-corrected chi connectivity index (χ4v) is 2.23. The van der Waals surface area contributed by atoms with Gasteiger partial charge in [0.1, 0.15) is 12.3 Å². The van der Waals surface area contributed by atoms with Crippen molar-refractivity contribution in [2.24, 2.45) is 5.16 Å². The summed E-state index contributed by atoms with van der Waals surface area (Å²) in [5, 5.41) is 8.25. The highest BCUT2D eigenvalue weighted by Crippen LogP contribution is 2.19. The lowest BCUT2D eigenvalue weighted by Crippen LogP contribution is -2.18. The van der Waals surface area contributed by atoms with Crippen LogP contribution in [0.4, 0.5) is 0 Å². The topological polar surface area (TPSA) is 74.4 Å². The van der Waals surface area contributed by atoms with Crippen LogP contribution in [-0.4, -0.2) is 38.9 Å². The second-order valence-electron chi connectivity index (χ2n) is 4.87. The summed E-state index contributed by atoms with van der Waals surface area (Å²) >= 11 is 0. The van der Waals surface area contributed by atoms with Crippen LogP contribution in [-0.2, 0) is 9.57 Å². The quantitative estimate of drug-likeness (QED) is 0.740. The first-order chi connectivity index (χ1) is 11.4. The van der Waals surface area contributed by atoms with E-state index in [9.17, 15) is 0 Å². The van der Waals surface area contributed by atoms with Crippen LogP contribution >= 0.6 is 0 Å². The molecule has 0 fully saturated rings. The van der Waals surface area contributed by atoms with Crippen molar-refractivity contribution in [3.8, 4) is 16.9 Å². The summed E-state index contributed by atoms with van der Waals surface area (Å²) in [4.78, 5) is 13.7. The van der Waals surface area contributed by atoms with E-state index in [2.05, 4.69) is 20.2 Å². The Labute approximate surface area is 132 Å². The molecule has 4 heterocycles. The molecule has 23 heavy (non-hydrogen) atoms. The molecule has 7 heteroatoms. The highest BCUT2D eigenvalue weighted by atomic mass is 16.7. The van der Waals surface area contributed by atoms with Crippen molar-refractivity contribution in [2.45, 2.75) is 0 Å². The molecular formula is C16H13N5O2. The molecule has 114 valence electrons. The SMILES string of the molecule is c1cncc(-n2cc(-c3cccc(C4=NOCCO4)n3)cn2)c1. The maximum Gasteiger partial charge on any atom is 0.276 e. The summed E-state index contributed by atoms with van der Waals surface area (Å²) in [7, 11) is 0. The molecule has 0 unspecified atom stereocenters. The molecule has 0 radical (unpaired) electrons. The standard InChI is InChI=1S/C16H13N5O2/c1-4-14(19-15(5-1)16-20-23-8-7-22-16)12-9-18-21(11-12)13-3-2-6-17-10-13/h1-6,9-11H,7-8H2. The van der Waals surface area contributed by atoms with Gasteiger partial charge in [-0.05, 0) is 29.4 Å². The number of rotatable bonds is 3. The molecule has 0 saturated heterocycles. The molecule has 0 aliphatic carbocycles. The maximum absolute atomic E-state index is 5.46. The third-order valence-corrected chi connectivity index (χ3v) is 3.32. The van der Waals surface area contributed by atoms with Gasteiger partial charge in [-0.25, -0.2) is 9.67 Å². The van der Waals surface area contributed by atoms with E-state index >= 15 is 0 Å². The Morgan fingerprint density at radius 3 is 2.78 bits per heavy atom. The zero-order valence-electron chi connectivity index (χ0n) is 12.2. The Kier molecular flexibility index (Phi) is 3.44. The maximum atomic E-state index is 5.46. The van der Waals surface area contributed by atoms with Gasteiger partial charge in [-0.2, -0.15) is 5.10 Å². The molecule has 7 nitrogen and oxygen atoms in total. The lowest BCUT2D eigenvalue weighted by atomic mass is 10.2. The van der Waals surface area contributed by atoms with E-state index in [0.29, 0.717) is 24.8 Å². The van der Waals surface area contributed by atoms with Gasteiger partial charge in [0, 0.05) is 18.0 Å². The van der Waals surface area contributed by atoms with Crippen molar-refractivity contribution < 1.29 is 9.57 Å². The molecule has 1 aliphatic heterocycles. The minimum Gasteiger partial charge on any atom is -0.470 e. The second kappa shape index (κ2) is 5.88. The van der Waals surface area contributed by atoms with Crippen LogP contribution in [0.1, 0.15) is 5.69 Å². The largest absolute Gasteiger partial charge is 0.470 e. The third-order valence-electron chi connectivity index (χ3n) is 3.32. The molecule has 0 saturated carbocycles. The van der Waals surface area contributed by atoms with Crippen molar-refractivity contribution >= 4 is 5.90 Å². The van der Waals surface area contributed by atoms with Crippen LogP contribution in [0.25, 0.3) is 16.9 Å². The minimum absolute atomic E-state index is 0.401. The zero-order valence-corrected chi connectivity index (χ0v) is 12.2. The van der Waals surface area contributed by atoms with Gasteiger partial charge in [-0.3, -0.25) is 4.98 Å². The molecule has 3 aromatic heterocycles. The molecule has 3 aromatic rings. The van der Waals surface area contributed by atoms with Gasteiger partial charge in [0.05, 0.1) is 23.8 Å². The molecule has 1 aliphatic rings. The van der Waals surface area contributed by atoms with Crippen molar-refractivity contribution in [2.75, 3.05) is 13.2 Å². The number of aromatic nitrogens is 4. The van der Waals surface area contributed by atoms with Crippen LogP contribution in [0.2, 0.25) is 0 Å². The Bertz CT molecular complexity index is 844. The number of pyridine rings is 2. The van der Waals surface area contributed by atoms with Crippen molar-refractivity contribution in [1.82, 2.24) is 19.7 Å². The summed E-state index contributed by atoms with van der Waals surface area (Å²) in [6, 6.07) is 9.46. The van der Waals surface area contributed by atoms with Crippen molar-refractivity contribution in [3.63, 3.8) is 0 Å². The number of hydrogen-bond acceptors (Lipinski definition) is 6. The first kappa shape index (κ1) is 13.4. The van der Waals surface area contributed by atoms with E-state index < -0.39 is 0 Å². The smallest absolute Gasteiger partial charge is 0.276 e. The summed E-state index contributed by atoms with van der Waals surface area (Å²) in [5.74, 6) is 0.401. The molecule has 4 rings (SSSR count). The summed E-state index contributed by atoms with van der Waals surface area (Å²) in [5.41, 5.74) is 3.21. The average Bonchev–Trinajstić information content (AvgIpc) is 3.14. The Morgan fingerprint density at radius 2 is 1.96 bits per heavy atom. The van der Waals surface area contributed by atoms with E-state index in [0.717, 1.165) is 16.9 Å². The number of nitrogens with zero attached hydrogens (tertiary/aromatic N) is 5. The van der Waals surface area contributed by atoms with Gasteiger partial charge in [-0.1, -0.05) is 6.07 Å². The highest BCUT2D eigenvalue weighted by molar-refractivity contribution is 5.92. The molecule has 0 amide bonds. The molecule has 0 aromatic carbocycles. The fraction of sp³-hybridized carbons (Fsp3) is 0.125. The number of ether oxygens (including phenoxy) is 1. The van der Waals surface area contributed by atoms with E-state index in [1.54, 1.807) is 23.3 Å². The lowest BCUT2D eigenvalue weighted by Gasteiger charge is -2.13.